The SMILES string of the molecule is CC(C)[C@H](NC(=O)OCC1c2ccccc2-c2ccccc21)C(=O)N[C@@H](CCCNC(N)=O)C(=O)Nc1ccc(CCl)cc1. The number of fused-ring (bicyclic) bond motifs is 3. The van der Waals surface area contributed by atoms with E-state index in [1.807, 2.05) is 36.4 Å². The molecule has 2 atom stereocenters. The number of alkyl carbamates (subject to hydrolysis) is 1. The number of ether oxygens (including phenoxy) is 1. The van der Waals surface area contributed by atoms with Crippen molar-refractivity contribution < 1.29 is 23.9 Å². The minimum absolute atomic E-state index is 0.104. The molecule has 0 spiro atoms. The molecule has 11 heteroatoms. The molecule has 232 valence electrons. The Hall–Kier alpha value is -4.57. The predicted molar refractivity (Wildman–Crippen MR) is 170 cm³/mol. The number of carbonyl (C=O) groups is 4. The summed E-state index contributed by atoms with van der Waals surface area (Å²) in [7, 11) is 0. The van der Waals surface area contributed by atoms with Crippen molar-refractivity contribution in [1.82, 2.24) is 16.0 Å². The molecule has 3 aromatic carbocycles. The molecule has 0 bridgehead atoms. The topological polar surface area (TPSA) is 152 Å². The molecule has 3 aromatic rings. The molecule has 0 saturated heterocycles. The molecule has 6 N–H and O–H groups in total. The Morgan fingerprint density at radius 1 is 0.864 bits per heavy atom. The van der Waals surface area contributed by atoms with Crippen molar-refractivity contribution >= 4 is 41.2 Å². The number of halogens is 1. The fourth-order valence-electron chi connectivity index (χ4n) is 5.26. The van der Waals surface area contributed by atoms with Crippen LogP contribution < -0.4 is 27.0 Å². The van der Waals surface area contributed by atoms with Crippen LogP contribution in [0.4, 0.5) is 15.3 Å². The Morgan fingerprint density at radius 2 is 1.48 bits per heavy atom. The second-order valence-corrected chi connectivity index (χ2v) is 11.3. The average molecular weight is 620 g/mol. The first-order valence-electron chi connectivity index (χ1n) is 14.6. The fourth-order valence-corrected chi connectivity index (χ4v) is 5.43. The van der Waals surface area contributed by atoms with Gasteiger partial charge in [-0.15, -0.1) is 11.6 Å². The number of hydrogen-bond donors (Lipinski definition) is 5. The lowest BCUT2D eigenvalue weighted by Gasteiger charge is -2.25. The molecule has 0 saturated carbocycles. The molecule has 1 aliphatic carbocycles. The third-order valence-electron chi connectivity index (χ3n) is 7.54. The summed E-state index contributed by atoms with van der Waals surface area (Å²) in [6.07, 6.45) is -0.141. The first-order chi connectivity index (χ1) is 21.2. The van der Waals surface area contributed by atoms with E-state index in [2.05, 4.69) is 33.4 Å². The highest BCUT2D eigenvalue weighted by Crippen LogP contribution is 2.44. The maximum atomic E-state index is 13.4. The van der Waals surface area contributed by atoms with Crippen molar-refractivity contribution in [2.75, 3.05) is 18.5 Å². The van der Waals surface area contributed by atoms with Gasteiger partial charge >= 0.3 is 12.1 Å². The van der Waals surface area contributed by atoms with E-state index < -0.39 is 36.0 Å². The lowest BCUT2D eigenvalue weighted by Crippen LogP contribution is -2.54. The number of primary amides is 1. The highest BCUT2D eigenvalue weighted by molar-refractivity contribution is 6.17. The van der Waals surface area contributed by atoms with E-state index in [9.17, 15) is 19.2 Å². The summed E-state index contributed by atoms with van der Waals surface area (Å²) in [6.45, 7) is 3.91. The molecule has 0 fully saturated rings. The molecule has 5 amide bonds. The molecule has 0 unspecified atom stereocenters. The number of carbonyl (C=O) groups excluding carboxylic acids is 4. The van der Waals surface area contributed by atoms with Crippen LogP contribution in [0.25, 0.3) is 11.1 Å². The van der Waals surface area contributed by atoms with Crippen LogP contribution in [0, 0.1) is 5.92 Å². The average Bonchev–Trinajstić information content (AvgIpc) is 3.33. The third kappa shape index (κ3) is 8.29. The standard InChI is InChI=1S/C33H38ClN5O5/c1-20(2)29(39-33(43)44-19-27-25-10-5-3-8-23(25)24-9-4-6-11-26(24)27)31(41)38-28(12-7-17-36-32(35)42)30(40)37-22-15-13-21(18-34)14-16-22/h3-6,8-11,13-16,20,27-29H,7,12,17-19H2,1-2H3,(H,37,40)(H,38,41)(H,39,43)(H3,35,36,42)/t28-,29-/m0/s1. The Bertz CT molecular complexity index is 1430. The molecular formula is C33H38ClN5O5. The van der Waals surface area contributed by atoms with Gasteiger partial charge in [0.1, 0.15) is 18.7 Å². The zero-order chi connectivity index (χ0) is 31.6. The van der Waals surface area contributed by atoms with Crippen LogP contribution in [-0.4, -0.2) is 49.2 Å². The van der Waals surface area contributed by atoms with E-state index in [1.54, 1.807) is 38.1 Å². The Morgan fingerprint density at radius 3 is 2.05 bits per heavy atom. The van der Waals surface area contributed by atoms with E-state index in [0.29, 0.717) is 18.0 Å². The van der Waals surface area contributed by atoms with Gasteiger partial charge in [-0.25, -0.2) is 9.59 Å². The number of nitrogens with two attached hydrogens (primary N) is 1. The van der Waals surface area contributed by atoms with E-state index in [4.69, 9.17) is 22.1 Å². The van der Waals surface area contributed by atoms with Gasteiger partial charge < -0.3 is 31.7 Å². The highest BCUT2D eigenvalue weighted by Gasteiger charge is 2.32. The van der Waals surface area contributed by atoms with Gasteiger partial charge in [0.05, 0.1) is 0 Å². The molecule has 10 nitrogen and oxygen atoms in total. The normalized spacial score (nSPS) is 13.3. The Balaban J connectivity index is 1.40. The van der Waals surface area contributed by atoms with Crippen molar-refractivity contribution in [3.05, 3.63) is 89.5 Å². The van der Waals surface area contributed by atoms with Gasteiger partial charge in [-0.05, 0) is 58.7 Å². The van der Waals surface area contributed by atoms with Gasteiger partial charge in [-0.3, -0.25) is 9.59 Å². The van der Waals surface area contributed by atoms with Crippen molar-refractivity contribution in [3.8, 4) is 11.1 Å². The number of hydrogen-bond acceptors (Lipinski definition) is 5. The number of nitrogens with one attached hydrogen (secondary N) is 4. The van der Waals surface area contributed by atoms with Crippen molar-refractivity contribution in [1.29, 1.82) is 0 Å². The van der Waals surface area contributed by atoms with E-state index in [0.717, 1.165) is 27.8 Å². The number of anilines is 1. The first kappa shape index (κ1) is 32.3. The summed E-state index contributed by atoms with van der Waals surface area (Å²) < 4.78 is 5.65. The monoisotopic (exact) mass is 619 g/mol. The summed E-state index contributed by atoms with van der Waals surface area (Å²) in [4.78, 5) is 50.7. The maximum Gasteiger partial charge on any atom is 0.407 e. The van der Waals surface area contributed by atoms with Gasteiger partial charge in [0.2, 0.25) is 11.8 Å². The van der Waals surface area contributed by atoms with Crippen molar-refractivity contribution in [2.45, 2.75) is 50.6 Å². The van der Waals surface area contributed by atoms with Crippen molar-refractivity contribution in [3.63, 3.8) is 0 Å². The van der Waals surface area contributed by atoms with Crippen LogP contribution in [0.1, 0.15) is 49.3 Å². The minimum atomic E-state index is -0.965. The number of amides is 5. The van der Waals surface area contributed by atoms with Gasteiger partial charge in [-0.2, -0.15) is 0 Å². The minimum Gasteiger partial charge on any atom is -0.449 e. The number of urea groups is 1. The molecule has 1 aliphatic rings. The summed E-state index contributed by atoms with van der Waals surface area (Å²) in [5.41, 5.74) is 11.0. The zero-order valence-electron chi connectivity index (χ0n) is 24.8. The lowest BCUT2D eigenvalue weighted by atomic mass is 9.98. The second-order valence-electron chi connectivity index (χ2n) is 11.0. The first-order valence-corrected chi connectivity index (χ1v) is 15.1. The van der Waals surface area contributed by atoms with Gasteiger partial charge in [0, 0.05) is 24.0 Å². The highest BCUT2D eigenvalue weighted by atomic mass is 35.5. The van der Waals surface area contributed by atoms with Crippen LogP contribution >= 0.6 is 11.6 Å². The molecule has 0 radical (unpaired) electrons. The van der Waals surface area contributed by atoms with Crippen LogP contribution in [0.5, 0.6) is 0 Å². The summed E-state index contributed by atoms with van der Waals surface area (Å²) in [5, 5.41) is 10.7. The second kappa shape index (κ2) is 15.2. The summed E-state index contributed by atoms with van der Waals surface area (Å²) in [6, 6.07) is 20.5. The van der Waals surface area contributed by atoms with Crippen LogP contribution in [0.3, 0.4) is 0 Å². The quantitative estimate of drug-likeness (QED) is 0.137. The van der Waals surface area contributed by atoms with Crippen LogP contribution in [0.15, 0.2) is 72.8 Å². The lowest BCUT2D eigenvalue weighted by molar-refractivity contribution is -0.128. The fraction of sp³-hybridized carbons (Fsp3) is 0.333. The predicted octanol–water partition coefficient (Wildman–Crippen LogP) is 4.86. The Labute approximate surface area is 262 Å². The summed E-state index contributed by atoms with van der Waals surface area (Å²) in [5.74, 6) is -1.07. The molecule has 0 aromatic heterocycles. The molecule has 4 rings (SSSR count). The van der Waals surface area contributed by atoms with Gasteiger partial charge in [0.25, 0.3) is 0 Å². The Kier molecular flexibility index (Phi) is 11.2. The number of alkyl halides is 1. The van der Waals surface area contributed by atoms with E-state index in [1.165, 1.54) is 0 Å². The molecule has 0 heterocycles. The number of benzene rings is 3. The van der Waals surface area contributed by atoms with Crippen molar-refractivity contribution in [2.24, 2.45) is 11.7 Å². The van der Waals surface area contributed by atoms with Gasteiger partial charge in [-0.1, -0.05) is 74.5 Å². The third-order valence-corrected chi connectivity index (χ3v) is 7.85. The summed E-state index contributed by atoms with van der Waals surface area (Å²) >= 11 is 5.86. The van der Waals surface area contributed by atoms with Crippen LogP contribution in [0.2, 0.25) is 0 Å². The molecule has 0 aliphatic heterocycles. The smallest absolute Gasteiger partial charge is 0.407 e. The van der Waals surface area contributed by atoms with E-state index >= 15 is 0 Å². The largest absolute Gasteiger partial charge is 0.449 e. The molecular weight excluding hydrogens is 582 g/mol. The maximum absolute atomic E-state index is 13.4. The van der Waals surface area contributed by atoms with E-state index in [-0.39, 0.29) is 31.4 Å². The van der Waals surface area contributed by atoms with Gasteiger partial charge in [0.15, 0.2) is 0 Å². The number of rotatable bonds is 13. The molecule has 44 heavy (non-hydrogen) atoms. The zero-order valence-corrected chi connectivity index (χ0v) is 25.5. The van der Waals surface area contributed by atoms with Crippen LogP contribution in [-0.2, 0) is 20.2 Å².